The zero-order valence-corrected chi connectivity index (χ0v) is 41.3. The number of hydrogen-bond donors (Lipinski definition) is 1. The number of carbonyl (C=O) groups is 4. The van der Waals surface area contributed by atoms with Gasteiger partial charge >= 0.3 is 24.1 Å². The number of nitrogens with one attached hydrogen (secondary N) is 1. The van der Waals surface area contributed by atoms with Crippen LogP contribution in [0.2, 0.25) is 0 Å². The van der Waals surface area contributed by atoms with E-state index in [2.05, 4.69) is 94.0 Å². The lowest BCUT2D eigenvalue weighted by Crippen LogP contribution is -2.38. The molecule has 2 amide bonds. The first-order valence-corrected chi connectivity index (χ1v) is 22.5. The summed E-state index contributed by atoms with van der Waals surface area (Å²) in [5, 5.41) is 1.03. The van der Waals surface area contributed by atoms with E-state index in [4.69, 9.17) is 28.6 Å². The Kier molecular flexibility index (Phi) is 36.7. The van der Waals surface area contributed by atoms with E-state index < -0.39 is 29.4 Å². The van der Waals surface area contributed by atoms with Crippen LogP contribution in [0.5, 0.6) is 0 Å². The number of halogens is 3. The lowest BCUT2D eigenvalue weighted by Gasteiger charge is -2.27. The molecule has 0 spiro atoms. The molecule has 0 unspecified atom stereocenters. The van der Waals surface area contributed by atoms with E-state index in [1.165, 1.54) is 8.86 Å². The monoisotopic (exact) mass is 1110 g/mol. The normalized spacial score (nSPS) is 10.2. The van der Waals surface area contributed by atoms with Crippen LogP contribution in [0.4, 0.5) is 15.3 Å². The fourth-order valence-corrected chi connectivity index (χ4v) is 3.92. The molecule has 0 aliphatic rings. The Morgan fingerprint density at radius 3 is 1.55 bits per heavy atom. The van der Waals surface area contributed by atoms with E-state index >= 15 is 0 Å². The van der Waals surface area contributed by atoms with Crippen LogP contribution < -0.4 is 10.5 Å². The molecule has 2 aromatic rings. The van der Waals surface area contributed by atoms with Crippen LogP contribution in [0.1, 0.15) is 129 Å². The molecule has 0 saturated heterocycles. The SMILES string of the molecule is CCCCON(C(=O)OC(C)(C)C)c1ccccc1C(=O)OCC.CCCCONC(=O)OC(C)(C)C.CCI.CCI.CCOC(=O)c1ccccc1I. The molecular weight excluding hydrogens is 1050 g/mol. The van der Waals surface area contributed by atoms with Gasteiger partial charge in [-0.05, 0) is 124 Å². The van der Waals surface area contributed by atoms with Crippen molar-refractivity contribution < 1.29 is 47.8 Å². The number of para-hydroxylation sites is 1. The third-order valence-corrected chi connectivity index (χ3v) is 6.36. The van der Waals surface area contributed by atoms with Gasteiger partial charge in [-0.15, -0.1) is 0 Å². The van der Waals surface area contributed by atoms with Gasteiger partial charge < -0.3 is 18.9 Å². The van der Waals surface area contributed by atoms with Crippen molar-refractivity contribution in [2.45, 2.75) is 120 Å². The molecule has 0 radical (unpaired) electrons. The average molecular weight is 1110 g/mol. The first-order valence-electron chi connectivity index (χ1n) is 18.4. The fraction of sp³-hybridized carbons (Fsp3) is 0.600. The average Bonchev–Trinajstić information content (AvgIpc) is 3.09. The molecule has 0 bridgehead atoms. The van der Waals surface area contributed by atoms with Crippen LogP contribution in [0, 0.1) is 3.57 Å². The topological polar surface area (TPSA) is 139 Å². The minimum atomic E-state index is -0.678. The Bertz CT molecular complexity index is 1320. The van der Waals surface area contributed by atoms with Crippen molar-refractivity contribution in [3.05, 3.63) is 63.2 Å². The smallest absolute Gasteiger partial charge is 0.439 e. The highest BCUT2D eigenvalue weighted by Gasteiger charge is 2.28. The Balaban J connectivity index is -0.000000736. The van der Waals surface area contributed by atoms with Crippen LogP contribution in [-0.2, 0) is 28.6 Å². The summed E-state index contributed by atoms with van der Waals surface area (Å²) in [6.07, 6.45) is 2.45. The molecule has 55 heavy (non-hydrogen) atoms. The van der Waals surface area contributed by atoms with E-state index in [0.29, 0.717) is 31.1 Å². The maximum absolute atomic E-state index is 12.5. The largest absolute Gasteiger partial charge is 0.462 e. The summed E-state index contributed by atoms with van der Waals surface area (Å²) in [7, 11) is 0. The van der Waals surface area contributed by atoms with Crippen molar-refractivity contribution in [2.75, 3.05) is 40.3 Å². The van der Waals surface area contributed by atoms with Gasteiger partial charge in [-0.1, -0.05) is 110 Å². The van der Waals surface area contributed by atoms with Crippen molar-refractivity contribution in [3.8, 4) is 0 Å². The minimum Gasteiger partial charge on any atom is -0.462 e. The number of carbonyl (C=O) groups excluding carboxylic acids is 4. The summed E-state index contributed by atoms with van der Waals surface area (Å²) in [6, 6.07) is 14.0. The number of anilines is 1. The lowest BCUT2D eigenvalue weighted by molar-refractivity contribution is -0.00836. The molecule has 0 fully saturated rings. The standard InChI is InChI=1S/C18H27NO5.C9H9IO2.C9H19NO3.2C2H5I/c1-6-8-13-23-19(17(21)24-18(3,4)5)15-12-10-9-11-14(15)16(20)22-7-2;1-2-12-9(11)7-5-3-4-6-8(7)10;1-5-6-7-12-10-8(11)13-9(2,3)4;2*1-2-3/h9-12H,6-8,13H2,1-5H3;3-6H,2H2,1H3;5-7H2,1-4H3,(H,10,11);2*2H2,1H3. The van der Waals surface area contributed by atoms with Crippen molar-refractivity contribution in [2.24, 2.45) is 0 Å². The number of hydrogen-bond acceptors (Lipinski definition) is 10. The predicted octanol–water partition coefficient (Wildman–Crippen LogP) is 11.9. The second-order valence-corrected chi connectivity index (χ2v) is 17.0. The molecule has 0 aliphatic heterocycles. The molecule has 0 heterocycles. The highest BCUT2D eigenvalue weighted by atomic mass is 127. The van der Waals surface area contributed by atoms with Crippen molar-refractivity contribution in [1.82, 2.24) is 5.48 Å². The van der Waals surface area contributed by atoms with Crippen LogP contribution in [0.15, 0.2) is 48.5 Å². The number of nitrogens with zero attached hydrogens (tertiary/aromatic N) is 1. The quantitative estimate of drug-likeness (QED) is 0.0515. The van der Waals surface area contributed by atoms with Gasteiger partial charge in [0.25, 0.3) is 0 Å². The summed E-state index contributed by atoms with van der Waals surface area (Å²) >= 11 is 6.69. The third-order valence-electron chi connectivity index (χ3n) is 5.42. The van der Waals surface area contributed by atoms with Crippen LogP contribution in [-0.4, -0.2) is 70.6 Å². The number of ether oxygens (including phenoxy) is 4. The predicted molar refractivity (Wildman–Crippen MR) is 246 cm³/mol. The number of alkyl halides is 2. The second kappa shape index (κ2) is 35.2. The van der Waals surface area contributed by atoms with Gasteiger partial charge in [0, 0.05) is 3.57 Å². The molecule has 1 N–H and O–H groups in total. The van der Waals surface area contributed by atoms with Gasteiger partial charge in [-0.3, -0.25) is 9.68 Å². The first-order chi connectivity index (χ1) is 25.8. The Hall–Kier alpha value is -1.97. The maximum atomic E-state index is 12.5. The van der Waals surface area contributed by atoms with Gasteiger partial charge in [0.1, 0.15) is 11.2 Å². The second-order valence-electron chi connectivity index (χ2n) is 12.7. The highest BCUT2D eigenvalue weighted by molar-refractivity contribution is 14.1. The molecule has 0 aliphatic carbocycles. The Labute approximate surface area is 371 Å². The van der Waals surface area contributed by atoms with Crippen LogP contribution in [0.25, 0.3) is 0 Å². The first kappa shape index (κ1) is 57.4. The molecule has 316 valence electrons. The Morgan fingerprint density at radius 1 is 0.655 bits per heavy atom. The lowest BCUT2D eigenvalue weighted by atomic mass is 10.1. The zero-order chi connectivity index (χ0) is 42.9. The van der Waals surface area contributed by atoms with E-state index in [1.807, 2.05) is 25.1 Å². The van der Waals surface area contributed by atoms with Crippen LogP contribution in [0.3, 0.4) is 0 Å². The van der Waals surface area contributed by atoms with E-state index in [-0.39, 0.29) is 18.1 Å². The number of esters is 2. The van der Waals surface area contributed by atoms with E-state index in [0.717, 1.165) is 34.3 Å². The van der Waals surface area contributed by atoms with E-state index in [1.54, 1.807) is 85.7 Å². The Morgan fingerprint density at radius 2 is 1.09 bits per heavy atom. The molecule has 15 heteroatoms. The summed E-state index contributed by atoms with van der Waals surface area (Å²) < 4.78 is 23.6. The summed E-state index contributed by atoms with van der Waals surface area (Å²) in [4.78, 5) is 57.3. The third kappa shape index (κ3) is 32.8. The molecule has 0 atom stereocenters. The van der Waals surface area contributed by atoms with Crippen LogP contribution >= 0.6 is 67.8 Å². The van der Waals surface area contributed by atoms with Gasteiger partial charge in [0.15, 0.2) is 0 Å². The summed E-state index contributed by atoms with van der Waals surface area (Å²) in [5.74, 6) is -0.761. The molecule has 0 aromatic heterocycles. The number of benzene rings is 2. The molecular formula is C40H65I3N2O10. The molecule has 0 saturated carbocycles. The molecule has 2 rings (SSSR count). The minimum absolute atomic E-state index is 0.246. The van der Waals surface area contributed by atoms with E-state index in [9.17, 15) is 19.2 Å². The number of amides is 2. The van der Waals surface area contributed by atoms with Crippen molar-refractivity contribution in [3.63, 3.8) is 0 Å². The zero-order valence-electron chi connectivity index (χ0n) is 34.9. The summed E-state index contributed by atoms with van der Waals surface area (Å²) in [6.45, 7) is 24.1. The molecule has 2 aromatic carbocycles. The number of hydroxylamine groups is 2. The van der Waals surface area contributed by atoms with Gasteiger partial charge in [-0.25, -0.2) is 19.2 Å². The highest BCUT2D eigenvalue weighted by Crippen LogP contribution is 2.24. The maximum Gasteiger partial charge on any atom is 0.439 e. The number of unbranched alkanes of at least 4 members (excludes halogenated alkanes) is 2. The molecule has 12 nitrogen and oxygen atoms in total. The fourth-order valence-electron chi connectivity index (χ4n) is 3.32. The number of rotatable bonds is 13. The van der Waals surface area contributed by atoms with Crippen molar-refractivity contribution >= 4 is 97.6 Å². The van der Waals surface area contributed by atoms with Gasteiger partial charge in [0.05, 0.1) is 43.2 Å². The van der Waals surface area contributed by atoms with Gasteiger partial charge in [0.2, 0.25) is 0 Å². The summed E-state index contributed by atoms with van der Waals surface area (Å²) in [5.41, 5.74) is 2.26. The van der Waals surface area contributed by atoms with Crippen molar-refractivity contribution in [1.29, 1.82) is 0 Å². The van der Waals surface area contributed by atoms with Gasteiger partial charge in [-0.2, -0.15) is 10.5 Å².